The predicted molar refractivity (Wildman–Crippen MR) is 148 cm³/mol. The molecule has 0 unspecified atom stereocenters. The highest BCUT2D eigenvalue weighted by atomic mass is 16.5. The van der Waals surface area contributed by atoms with Crippen molar-refractivity contribution >= 4 is 6.09 Å². The van der Waals surface area contributed by atoms with Crippen molar-refractivity contribution in [1.29, 1.82) is 0 Å². The van der Waals surface area contributed by atoms with Gasteiger partial charge in [0, 0.05) is 6.04 Å². The summed E-state index contributed by atoms with van der Waals surface area (Å²) in [5, 5.41) is 35.1. The SMILES string of the molecule is CC[C@H]1[C@@H](O)[C@@H]2[C@H](CC[C@]3(C)[C@@H]([C@H](C)CCOC(=O)N[C@H]4CC[C@H](O)CC4)CC[C@@H]23)[C@@]2(C)CC[C@@H](O)C[C@@H]12. The maximum atomic E-state index is 12.4. The molecule has 1 amide bonds. The molecule has 5 fully saturated rings. The van der Waals surface area contributed by atoms with Crippen LogP contribution in [0.3, 0.4) is 0 Å². The molecule has 0 aromatic heterocycles. The molecule has 0 radical (unpaired) electrons. The molecule has 11 atom stereocenters. The lowest BCUT2D eigenvalue weighted by atomic mass is 9.41. The molecule has 0 bridgehead atoms. The van der Waals surface area contributed by atoms with Crippen molar-refractivity contribution in [2.75, 3.05) is 6.61 Å². The Kier molecular flexibility index (Phi) is 8.45. The van der Waals surface area contributed by atoms with E-state index in [1.807, 2.05) is 0 Å². The number of carbonyl (C=O) groups is 1. The summed E-state index contributed by atoms with van der Waals surface area (Å²) >= 11 is 0. The molecule has 5 aliphatic rings. The van der Waals surface area contributed by atoms with Crippen LogP contribution in [0.5, 0.6) is 0 Å². The molecule has 0 aromatic rings. The molecule has 4 N–H and O–H groups in total. The zero-order valence-electron chi connectivity index (χ0n) is 24.4. The van der Waals surface area contributed by atoms with Crippen LogP contribution in [-0.2, 0) is 4.74 Å². The number of ether oxygens (including phenoxy) is 1. The first-order chi connectivity index (χ1) is 18.1. The minimum Gasteiger partial charge on any atom is -0.450 e. The monoisotopic (exact) mass is 533 g/mol. The minimum atomic E-state index is -0.314. The highest BCUT2D eigenvalue weighted by Gasteiger charge is 2.64. The standard InChI is InChI=1S/C32H55NO5/c1-5-23-27-18-22(35)12-15-32(27,4)26-13-16-31(3)24(10-11-25(31)28(26)29(23)36)19(2)14-17-38-30(37)33-20-6-8-21(34)9-7-20/h19-29,34-36H,5-18H2,1-4H3,(H,33,37)/t19-,20-,21-,22-,23-,24-,25+,26+,27+,28+,29-,31-,32-/m1/s1. The molecule has 5 aliphatic carbocycles. The Morgan fingerprint density at radius 2 is 1.58 bits per heavy atom. The van der Waals surface area contributed by atoms with Gasteiger partial charge in [-0.1, -0.05) is 34.1 Å². The molecule has 5 rings (SSSR count). The van der Waals surface area contributed by atoms with Gasteiger partial charge in [-0.2, -0.15) is 0 Å². The van der Waals surface area contributed by atoms with Gasteiger partial charge in [-0.3, -0.25) is 0 Å². The Labute approximate surface area is 230 Å². The van der Waals surface area contributed by atoms with Crippen molar-refractivity contribution in [1.82, 2.24) is 5.32 Å². The summed E-state index contributed by atoms with van der Waals surface area (Å²) in [4.78, 5) is 12.4. The van der Waals surface area contributed by atoms with Gasteiger partial charge in [-0.05, 0) is 129 Å². The summed E-state index contributed by atoms with van der Waals surface area (Å²) in [7, 11) is 0. The third-order valence-corrected chi connectivity index (χ3v) is 13.0. The Balaban J connectivity index is 1.20. The van der Waals surface area contributed by atoms with Gasteiger partial charge in [0.2, 0.25) is 0 Å². The maximum absolute atomic E-state index is 12.4. The second kappa shape index (κ2) is 11.2. The second-order valence-electron chi connectivity index (χ2n) is 14.7. The molecule has 6 heteroatoms. The zero-order chi connectivity index (χ0) is 27.2. The van der Waals surface area contributed by atoms with Crippen LogP contribution in [0.1, 0.15) is 111 Å². The van der Waals surface area contributed by atoms with Gasteiger partial charge in [-0.15, -0.1) is 0 Å². The van der Waals surface area contributed by atoms with Crippen LogP contribution in [-0.4, -0.2) is 52.4 Å². The Morgan fingerprint density at radius 3 is 2.29 bits per heavy atom. The van der Waals surface area contributed by atoms with E-state index in [1.54, 1.807) is 0 Å². The number of carbonyl (C=O) groups excluding carboxylic acids is 1. The fourth-order valence-corrected chi connectivity index (χ4v) is 10.9. The van der Waals surface area contributed by atoms with E-state index in [9.17, 15) is 20.1 Å². The third-order valence-electron chi connectivity index (χ3n) is 13.0. The van der Waals surface area contributed by atoms with E-state index < -0.39 is 0 Å². The van der Waals surface area contributed by atoms with Crippen LogP contribution in [0.15, 0.2) is 0 Å². The minimum absolute atomic E-state index is 0.121. The fraction of sp³-hybridized carbons (Fsp3) is 0.969. The van der Waals surface area contributed by atoms with E-state index >= 15 is 0 Å². The number of rotatable bonds is 6. The van der Waals surface area contributed by atoms with Crippen LogP contribution < -0.4 is 5.32 Å². The number of alkyl carbamates (subject to hydrolysis) is 1. The van der Waals surface area contributed by atoms with Gasteiger partial charge < -0.3 is 25.4 Å². The Hall–Kier alpha value is -0.850. The van der Waals surface area contributed by atoms with Gasteiger partial charge in [-0.25, -0.2) is 4.79 Å². The Morgan fingerprint density at radius 1 is 0.895 bits per heavy atom. The first-order valence-electron chi connectivity index (χ1n) is 16.1. The van der Waals surface area contributed by atoms with Crippen LogP contribution in [0.25, 0.3) is 0 Å². The molecule has 0 saturated heterocycles. The highest BCUT2D eigenvalue weighted by molar-refractivity contribution is 5.67. The smallest absolute Gasteiger partial charge is 0.407 e. The molecule has 0 aliphatic heterocycles. The lowest BCUT2D eigenvalue weighted by molar-refractivity contribution is -0.203. The van der Waals surface area contributed by atoms with Crippen molar-refractivity contribution < 1.29 is 24.9 Å². The lowest BCUT2D eigenvalue weighted by Crippen LogP contribution is -2.62. The normalized spacial score (nSPS) is 49.3. The molecule has 38 heavy (non-hydrogen) atoms. The first-order valence-corrected chi connectivity index (χ1v) is 16.1. The van der Waals surface area contributed by atoms with Gasteiger partial charge in [0.25, 0.3) is 0 Å². The summed E-state index contributed by atoms with van der Waals surface area (Å²) in [5.74, 6) is 3.33. The number of fused-ring (bicyclic) bond motifs is 5. The number of nitrogens with one attached hydrogen (secondary N) is 1. The van der Waals surface area contributed by atoms with E-state index in [1.165, 1.54) is 25.7 Å². The van der Waals surface area contributed by atoms with Gasteiger partial charge in [0.1, 0.15) is 0 Å². The van der Waals surface area contributed by atoms with Crippen LogP contribution in [0, 0.1) is 52.3 Å². The quantitative estimate of drug-likeness (QED) is 0.353. The van der Waals surface area contributed by atoms with E-state index in [0.29, 0.717) is 48.0 Å². The summed E-state index contributed by atoms with van der Waals surface area (Å²) < 4.78 is 5.61. The van der Waals surface area contributed by atoms with Crippen molar-refractivity contribution in [2.45, 2.75) is 136 Å². The number of amides is 1. The largest absolute Gasteiger partial charge is 0.450 e. The maximum Gasteiger partial charge on any atom is 0.407 e. The van der Waals surface area contributed by atoms with E-state index in [-0.39, 0.29) is 41.3 Å². The number of aliphatic hydroxyl groups is 3. The first kappa shape index (κ1) is 28.7. The average molecular weight is 534 g/mol. The van der Waals surface area contributed by atoms with Crippen LogP contribution in [0.2, 0.25) is 0 Å². The van der Waals surface area contributed by atoms with Crippen molar-refractivity contribution in [2.24, 2.45) is 52.3 Å². The average Bonchev–Trinajstić information content (AvgIpc) is 3.24. The Bertz CT molecular complexity index is 829. The number of aliphatic hydroxyl groups excluding tert-OH is 3. The molecular formula is C32H55NO5. The number of hydrogen-bond donors (Lipinski definition) is 4. The molecular weight excluding hydrogens is 478 g/mol. The molecule has 0 aromatic carbocycles. The van der Waals surface area contributed by atoms with Crippen molar-refractivity contribution in [3.8, 4) is 0 Å². The van der Waals surface area contributed by atoms with Crippen LogP contribution in [0.4, 0.5) is 4.79 Å². The summed E-state index contributed by atoms with van der Waals surface area (Å²) in [6.45, 7) is 10.1. The summed E-state index contributed by atoms with van der Waals surface area (Å²) in [6.07, 6.45) is 11.8. The lowest BCUT2D eigenvalue weighted by Gasteiger charge is -2.64. The molecule has 0 heterocycles. The predicted octanol–water partition coefficient (Wildman–Crippen LogP) is 5.67. The topological polar surface area (TPSA) is 99.0 Å². The van der Waals surface area contributed by atoms with E-state index in [2.05, 4.69) is 33.0 Å². The van der Waals surface area contributed by atoms with Gasteiger partial charge in [0.15, 0.2) is 0 Å². The zero-order valence-corrected chi connectivity index (χ0v) is 24.4. The third kappa shape index (κ3) is 5.04. The van der Waals surface area contributed by atoms with Gasteiger partial charge >= 0.3 is 6.09 Å². The van der Waals surface area contributed by atoms with Gasteiger partial charge in [0.05, 0.1) is 24.9 Å². The molecule has 218 valence electrons. The summed E-state index contributed by atoms with van der Waals surface area (Å²) in [5.41, 5.74) is 0.481. The molecule has 0 spiro atoms. The molecule has 6 nitrogen and oxygen atoms in total. The fourth-order valence-electron chi connectivity index (χ4n) is 10.9. The van der Waals surface area contributed by atoms with Crippen molar-refractivity contribution in [3.63, 3.8) is 0 Å². The molecule has 5 saturated carbocycles. The highest BCUT2D eigenvalue weighted by Crippen LogP contribution is 2.69. The van der Waals surface area contributed by atoms with E-state index in [4.69, 9.17) is 4.74 Å². The second-order valence-corrected chi connectivity index (χ2v) is 14.7. The van der Waals surface area contributed by atoms with Crippen molar-refractivity contribution in [3.05, 3.63) is 0 Å². The van der Waals surface area contributed by atoms with E-state index in [0.717, 1.165) is 57.8 Å². The number of hydrogen-bond acceptors (Lipinski definition) is 5. The summed E-state index contributed by atoms with van der Waals surface area (Å²) in [6, 6.07) is 0.121. The van der Waals surface area contributed by atoms with Crippen LogP contribution >= 0.6 is 0 Å².